The lowest BCUT2D eigenvalue weighted by Gasteiger charge is -2.17. The first-order chi connectivity index (χ1) is 10.9. The van der Waals surface area contributed by atoms with Crippen LogP contribution < -0.4 is 5.32 Å². The molecule has 0 bridgehead atoms. The smallest absolute Gasteiger partial charge is 0.0961 e. The van der Waals surface area contributed by atoms with Gasteiger partial charge in [-0.1, -0.05) is 12.5 Å². The van der Waals surface area contributed by atoms with Crippen molar-refractivity contribution in [1.82, 2.24) is 19.9 Å². The average molecular weight is 292 g/mol. The SMILES string of the molecule is c1cc(-c2ccc3ncn(C4CCCCNC4)c3c2)ccn1. The van der Waals surface area contributed by atoms with E-state index in [1.54, 1.807) is 0 Å². The molecule has 4 nitrogen and oxygen atoms in total. The van der Waals surface area contributed by atoms with E-state index in [4.69, 9.17) is 0 Å². The van der Waals surface area contributed by atoms with Crippen molar-refractivity contribution in [2.24, 2.45) is 0 Å². The Balaban J connectivity index is 1.76. The second-order valence-electron chi connectivity index (χ2n) is 5.94. The second-order valence-corrected chi connectivity index (χ2v) is 5.94. The van der Waals surface area contributed by atoms with E-state index in [1.165, 1.54) is 35.9 Å². The summed E-state index contributed by atoms with van der Waals surface area (Å²) >= 11 is 0. The molecular formula is C18H20N4. The van der Waals surface area contributed by atoms with Crippen molar-refractivity contribution in [3.8, 4) is 11.1 Å². The third kappa shape index (κ3) is 2.50. The summed E-state index contributed by atoms with van der Waals surface area (Å²) in [5.41, 5.74) is 4.71. The molecule has 4 heteroatoms. The summed E-state index contributed by atoms with van der Waals surface area (Å²) < 4.78 is 2.35. The van der Waals surface area contributed by atoms with Crippen LogP contribution >= 0.6 is 0 Å². The van der Waals surface area contributed by atoms with Crippen molar-refractivity contribution < 1.29 is 0 Å². The normalized spacial score (nSPS) is 19.2. The van der Waals surface area contributed by atoms with Crippen molar-refractivity contribution in [1.29, 1.82) is 0 Å². The van der Waals surface area contributed by atoms with Crippen molar-refractivity contribution in [2.75, 3.05) is 13.1 Å². The predicted molar refractivity (Wildman–Crippen MR) is 88.7 cm³/mol. The van der Waals surface area contributed by atoms with Gasteiger partial charge in [0.25, 0.3) is 0 Å². The van der Waals surface area contributed by atoms with Gasteiger partial charge in [0.2, 0.25) is 0 Å². The predicted octanol–water partition coefficient (Wildman–Crippen LogP) is 3.41. The Bertz CT molecular complexity index is 755. The number of aromatic nitrogens is 3. The highest BCUT2D eigenvalue weighted by Gasteiger charge is 2.16. The van der Waals surface area contributed by atoms with E-state index < -0.39 is 0 Å². The fourth-order valence-corrected chi connectivity index (χ4v) is 3.28. The van der Waals surface area contributed by atoms with E-state index in [0.29, 0.717) is 6.04 Å². The average Bonchev–Trinajstić information content (AvgIpc) is 2.81. The fraction of sp³-hybridized carbons (Fsp3) is 0.333. The molecule has 0 saturated carbocycles. The van der Waals surface area contributed by atoms with Crippen molar-refractivity contribution in [3.05, 3.63) is 49.1 Å². The maximum Gasteiger partial charge on any atom is 0.0961 e. The van der Waals surface area contributed by atoms with Gasteiger partial charge in [-0.2, -0.15) is 0 Å². The van der Waals surface area contributed by atoms with Gasteiger partial charge in [0.05, 0.1) is 17.4 Å². The maximum atomic E-state index is 4.58. The Kier molecular flexibility index (Phi) is 3.60. The molecule has 1 aromatic carbocycles. The number of imidazole rings is 1. The van der Waals surface area contributed by atoms with Crippen LogP contribution in [0.1, 0.15) is 25.3 Å². The number of hydrogen-bond donors (Lipinski definition) is 1. The Morgan fingerprint density at radius 1 is 1.05 bits per heavy atom. The first-order valence-electron chi connectivity index (χ1n) is 7.99. The van der Waals surface area contributed by atoms with Crippen molar-refractivity contribution in [2.45, 2.75) is 25.3 Å². The molecular weight excluding hydrogens is 272 g/mol. The molecule has 112 valence electrons. The minimum atomic E-state index is 0.500. The fourth-order valence-electron chi connectivity index (χ4n) is 3.28. The summed E-state index contributed by atoms with van der Waals surface area (Å²) in [5, 5.41) is 3.54. The molecule has 3 aromatic rings. The molecule has 22 heavy (non-hydrogen) atoms. The van der Waals surface area contributed by atoms with Crippen LogP contribution in [0.25, 0.3) is 22.2 Å². The lowest BCUT2D eigenvalue weighted by molar-refractivity contribution is 0.471. The zero-order valence-electron chi connectivity index (χ0n) is 12.6. The number of benzene rings is 1. The van der Waals surface area contributed by atoms with Gasteiger partial charge in [-0.15, -0.1) is 0 Å². The number of rotatable bonds is 2. The highest BCUT2D eigenvalue weighted by molar-refractivity contribution is 5.82. The van der Waals surface area contributed by atoms with Crippen LogP contribution in [-0.2, 0) is 0 Å². The monoisotopic (exact) mass is 292 g/mol. The highest BCUT2D eigenvalue weighted by atomic mass is 15.1. The lowest BCUT2D eigenvalue weighted by atomic mass is 10.1. The summed E-state index contributed by atoms with van der Waals surface area (Å²) in [5.74, 6) is 0. The van der Waals surface area contributed by atoms with Gasteiger partial charge in [0, 0.05) is 25.0 Å². The van der Waals surface area contributed by atoms with Crippen LogP contribution in [0.2, 0.25) is 0 Å². The maximum absolute atomic E-state index is 4.58. The highest BCUT2D eigenvalue weighted by Crippen LogP contribution is 2.27. The molecule has 3 heterocycles. The molecule has 1 aliphatic heterocycles. The van der Waals surface area contributed by atoms with Crippen LogP contribution in [0.5, 0.6) is 0 Å². The molecule has 1 N–H and O–H groups in total. The van der Waals surface area contributed by atoms with E-state index in [0.717, 1.165) is 18.6 Å². The molecule has 1 unspecified atom stereocenters. The Morgan fingerprint density at radius 3 is 2.86 bits per heavy atom. The first-order valence-corrected chi connectivity index (χ1v) is 7.99. The van der Waals surface area contributed by atoms with Crippen LogP contribution in [0.3, 0.4) is 0 Å². The van der Waals surface area contributed by atoms with Crippen LogP contribution in [0.4, 0.5) is 0 Å². The van der Waals surface area contributed by atoms with Crippen LogP contribution in [0.15, 0.2) is 49.1 Å². The molecule has 0 amide bonds. The summed E-state index contributed by atoms with van der Waals surface area (Å²) in [4.78, 5) is 8.68. The molecule has 1 saturated heterocycles. The summed E-state index contributed by atoms with van der Waals surface area (Å²) in [6.07, 6.45) is 9.45. The number of fused-ring (bicyclic) bond motifs is 1. The summed E-state index contributed by atoms with van der Waals surface area (Å²) in [7, 11) is 0. The van der Waals surface area contributed by atoms with Crippen LogP contribution in [0, 0.1) is 0 Å². The van der Waals surface area contributed by atoms with Gasteiger partial charge < -0.3 is 9.88 Å². The van der Waals surface area contributed by atoms with E-state index in [-0.39, 0.29) is 0 Å². The molecule has 0 spiro atoms. The standard InChI is InChI=1S/C18H20N4/c1-2-8-20-12-16(3-1)22-13-21-17-5-4-15(11-18(17)22)14-6-9-19-10-7-14/h4-7,9-11,13,16,20H,1-3,8,12H2. The van der Waals surface area contributed by atoms with Gasteiger partial charge in [-0.25, -0.2) is 4.98 Å². The Labute approximate surface area is 130 Å². The van der Waals surface area contributed by atoms with Gasteiger partial charge in [-0.05, 0) is 54.8 Å². The van der Waals surface area contributed by atoms with Gasteiger partial charge in [0.15, 0.2) is 0 Å². The third-order valence-electron chi connectivity index (χ3n) is 4.50. The zero-order chi connectivity index (χ0) is 14.8. The lowest BCUT2D eigenvalue weighted by Crippen LogP contribution is -2.22. The third-order valence-corrected chi connectivity index (χ3v) is 4.50. The molecule has 2 aromatic heterocycles. The molecule has 4 rings (SSSR count). The van der Waals surface area contributed by atoms with Crippen LogP contribution in [-0.4, -0.2) is 27.6 Å². The number of nitrogens with one attached hydrogen (secondary N) is 1. The minimum Gasteiger partial charge on any atom is -0.326 e. The molecule has 0 radical (unpaired) electrons. The minimum absolute atomic E-state index is 0.500. The quantitative estimate of drug-likeness (QED) is 0.787. The van der Waals surface area contributed by atoms with Crippen molar-refractivity contribution in [3.63, 3.8) is 0 Å². The molecule has 1 aliphatic rings. The molecule has 0 aliphatic carbocycles. The number of hydrogen-bond acceptors (Lipinski definition) is 3. The van der Waals surface area contributed by atoms with E-state index in [1.807, 2.05) is 18.7 Å². The number of nitrogens with zero attached hydrogens (tertiary/aromatic N) is 3. The van der Waals surface area contributed by atoms with E-state index >= 15 is 0 Å². The molecule has 1 atom stereocenters. The summed E-state index contributed by atoms with van der Waals surface area (Å²) in [6.45, 7) is 2.16. The number of pyridine rings is 1. The Morgan fingerprint density at radius 2 is 1.95 bits per heavy atom. The zero-order valence-corrected chi connectivity index (χ0v) is 12.6. The summed E-state index contributed by atoms with van der Waals surface area (Å²) in [6, 6.07) is 11.1. The largest absolute Gasteiger partial charge is 0.326 e. The van der Waals surface area contributed by atoms with Gasteiger partial charge >= 0.3 is 0 Å². The Hall–Kier alpha value is -2.20. The van der Waals surface area contributed by atoms with Gasteiger partial charge in [0.1, 0.15) is 0 Å². The first kappa shape index (κ1) is 13.5. The van der Waals surface area contributed by atoms with Gasteiger partial charge in [-0.3, -0.25) is 4.98 Å². The van der Waals surface area contributed by atoms with E-state index in [9.17, 15) is 0 Å². The van der Waals surface area contributed by atoms with E-state index in [2.05, 4.69) is 50.2 Å². The topological polar surface area (TPSA) is 42.7 Å². The molecule has 1 fully saturated rings. The van der Waals surface area contributed by atoms with Crippen molar-refractivity contribution >= 4 is 11.0 Å². The second kappa shape index (κ2) is 5.89.